The van der Waals surface area contributed by atoms with Crippen LogP contribution in [0.1, 0.15) is 0 Å². The van der Waals surface area contributed by atoms with E-state index in [0.717, 1.165) is 0 Å². The minimum Gasteiger partial charge on any atom is -0.135 e. The van der Waals surface area contributed by atoms with Gasteiger partial charge in [-0.15, -0.1) is 11.3 Å². The highest BCUT2D eigenvalue weighted by Crippen LogP contribution is 2.47. The highest BCUT2D eigenvalue weighted by molar-refractivity contribution is 7.25. The normalized spacial score (nSPS) is 11.6. The maximum absolute atomic E-state index is 2.30. The van der Waals surface area contributed by atoms with E-state index in [9.17, 15) is 0 Å². The van der Waals surface area contributed by atoms with Crippen molar-refractivity contribution in [2.45, 2.75) is 0 Å². The quantitative estimate of drug-likeness (QED) is 0.237. The molecule has 154 valence electrons. The van der Waals surface area contributed by atoms with Crippen LogP contribution in [0.3, 0.4) is 0 Å². The summed E-state index contributed by atoms with van der Waals surface area (Å²) in [4.78, 5) is 0. The van der Waals surface area contributed by atoms with Crippen LogP contribution in [-0.4, -0.2) is 0 Å². The van der Waals surface area contributed by atoms with Crippen LogP contribution in [0.25, 0.3) is 64.0 Å². The first-order valence-corrected chi connectivity index (χ1v) is 12.1. The fraction of sp³-hybridized carbons (Fsp3) is 0. The number of fused-ring (bicyclic) bond motifs is 5. The first kappa shape index (κ1) is 18.6. The number of thiophene rings is 1. The van der Waals surface area contributed by atoms with E-state index in [1.54, 1.807) is 0 Å². The smallest absolute Gasteiger partial charge is 0.0361 e. The zero-order chi connectivity index (χ0) is 21.8. The van der Waals surface area contributed by atoms with Crippen LogP contribution in [0.2, 0.25) is 0 Å². The number of benzene rings is 6. The fourth-order valence-electron chi connectivity index (χ4n) is 5.32. The molecule has 0 radical (unpaired) electrons. The molecular weight excluding hydrogens is 416 g/mol. The maximum atomic E-state index is 2.30. The molecule has 1 heterocycles. The molecule has 0 saturated heterocycles. The highest BCUT2D eigenvalue weighted by atomic mass is 32.1. The van der Waals surface area contributed by atoms with E-state index in [4.69, 9.17) is 0 Å². The van der Waals surface area contributed by atoms with Gasteiger partial charge in [0.25, 0.3) is 0 Å². The highest BCUT2D eigenvalue weighted by Gasteiger charge is 2.19. The minimum absolute atomic E-state index is 1.26. The molecule has 0 aliphatic heterocycles. The molecular formula is C32H20S. The van der Waals surface area contributed by atoms with Gasteiger partial charge in [0.05, 0.1) is 0 Å². The number of hydrogen-bond acceptors (Lipinski definition) is 1. The van der Waals surface area contributed by atoms with Gasteiger partial charge >= 0.3 is 0 Å². The molecule has 0 nitrogen and oxygen atoms in total. The Kier molecular flexibility index (Phi) is 4.12. The molecule has 0 bridgehead atoms. The van der Waals surface area contributed by atoms with Crippen molar-refractivity contribution in [1.29, 1.82) is 0 Å². The minimum atomic E-state index is 1.26. The Hall–Kier alpha value is -3.94. The van der Waals surface area contributed by atoms with Crippen molar-refractivity contribution in [2.75, 3.05) is 0 Å². The summed E-state index contributed by atoms with van der Waals surface area (Å²) in [6.07, 6.45) is 0. The van der Waals surface area contributed by atoms with Gasteiger partial charge in [0, 0.05) is 20.2 Å². The van der Waals surface area contributed by atoms with Crippen LogP contribution < -0.4 is 0 Å². The van der Waals surface area contributed by atoms with Gasteiger partial charge in [-0.25, -0.2) is 0 Å². The van der Waals surface area contributed by atoms with Gasteiger partial charge in [-0.3, -0.25) is 0 Å². The third-order valence-electron chi connectivity index (χ3n) is 6.67. The van der Waals surface area contributed by atoms with E-state index in [1.165, 1.54) is 64.0 Å². The zero-order valence-corrected chi connectivity index (χ0v) is 18.8. The van der Waals surface area contributed by atoms with E-state index in [2.05, 4.69) is 121 Å². The predicted molar refractivity (Wildman–Crippen MR) is 145 cm³/mol. The molecule has 7 aromatic rings. The summed E-state index contributed by atoms with van der Waals surface area (Å²) in [7, 11) is 0. The maximum Gasteiger partial charge on any atom is 0.0361 e. The van der Waals surface area contributed by atoms with Crippen LogP contribution in [-0.2, 0) is 0 Å². The summed E-state index contributed by atoms with van der Waals surface area (Å²) in [6, 6.07) is 44.1. The molecule has 0 amide bonds. The summed E-state index contributed by atoms with van der Waals surface area (Å²) in [6.45, 7) is 0. The van der Waals surface area contributed by atoms with Crippen LogP contribution in [0.5, 0.6) is 0 Å². The Balaban J connectivity index is 1.71. The van der Waals surface area contributed by atoms with Crippen LogP contribution >= 0.6 is 11.3 Å². The molecule has 0 N–H and O–H groups in total. The Bertz CT molecular complexity index is 1750. The lowest BCUT2D eigenvalue weighted by molar-refractivity contribution is 1.67. The van der Waals surface area contributed by atoms with Crippen molar-refractivity contribution in [3.63, 3.8) is 0 Å². The standard InChI is InChI=1S/C32H20S/c1-2-11-21(12-3-1)30-22-13-4-6-15-24(22)31(25-16-7-5-14-23(25)30)27-18-10-20-29-32(27)26-17-8-9-19-28(26)33-29/h1-20H. The lowest BCUT2D eigenvalue weighted by atomic mass is 9.85. The zero-order valence-electron chi connectivity index (χ0n) is 18.0. The van der Waals surface area contributed by atoms with E-state index >= 15 is 0 Å². The molecule has 0 aliphatic carbocycles. The summed E-state index contributed by atoms with van der Waals surface area (Å²) in [5.41, 5.74) is 5.22. The first-order chi connectivity index (χ1) is 16.4. The topological polar surface area (TPSA) is 0 Å². The number of rotatable bonds is 2. The Labute approximate surface area is 196 Å². The third-order valence-corrected chi connectivity index (χ3v) is 7.80. The molecule has 0 saturated carbocycles. The molecule has 6 aromatic carbocycles. The lowest BCUT2D eigenvalue weighted by Gasteiger charge is -2.18. The van der Waals surface area contributed by atoms with Gasteiger partial charge in [0.1, 0.15) is 0 Å². The van der Waals surface area contributed by atoms with Crippen molar-refractivity contribution in [1.82, 2.24) is 0 Å². The second-order valence-corrected chi connectivity index (χ2v) is 9.57. The molecule has 0 fully saturated rings. The molecule has 0 unspecified atom stereocenters. The SMILES string of the molecule is c1ccc(-c2c3ccccc3c(-c3cccc4sc5ccccc5c34)c3ccccc23)cc1. The summed E-state index contributed by atoms with van der Waals surface area (Å²) in [5.74, 6) is 0. The second kappa shape index (κ2) is 7.30. The van der Waals surface area contributed by atoms with Gasteiger partial charge in [0.15, 0.2) is 0 Å². The van der Waals surface area contributed by atoms with Crippen LogP contribution in [0.15, 0.2) is 121 Å². The van der Waals surface area contributed by atoms with Crippen molar-refractivity contribution in [3.05, 3.63) is 121 Å². The molecule has 0 atom stereocenters. The van der Waals surface area contributed by atoms with Gasteiger partial charge < -0.3 is 0 Å². The van der Waals surface area contributed by atoms with Crippen molar-refractivity contribution in [2.24, 2.45) is 0 Å². The van der Waals surface area contributed by atoms with Crippen molar-refractivity contribution < 1.29 is 0 Å². The van der Waals surface area contributed by atoms with Gasteiger partial charge in [-0.2, -0.15) is 0 Å². The molecule has 0 aliphatic rings. The predicted octanol–water partition coefficient (Wildman–Crippen LogP) is 9.69. The average Bonchev–Trinajstić information content (AvgIpc) is 3.27. The van der Waals surface area contributed by atoms with Crippen LogP contribution in [0, 0.1) is 0 Å². The summed E-state index contributed by atoms with van der Waals surface area (Å²) >= 11 is 1.88. The second-order valence-electron chi connectivity index (χ2n) is 8.48. The molecule has 0 spiro atoms. The molecule has 1 aromatic heterocycles. The van der Waals surface area contributed by atoms with Crippen molar-refractivity contribution >= 4 is 53.1 Å². The van der Waals surface area contributed by atoms with Crippen LogP contribution in [0.4, 0.5) is 0 Å². The molecule has 1 heteroatoms. The monoisotopic (exact) mass is 436 g/mol. The van der Waals surface area contributed by atoms with E-state index in [0.29, 0.717) is 0 Å². The Morgan fingerprint density at radius 3 is 1.55 bits per heavy atom. The first-order valence-electron chi connectivity index (χ1n) is 11.3. The Morgan fingerprint density at radius 1 is 0.364 bits per heavy atom. The lowest BCUT2D eigenvalue weighted by Crippen LogP contribution is -1.91. The third kappa shape index (κ3) is 2.76. The van der Waals surface area contributed by atoms with E-state index < -0.39 is 0 Å². The summed E-state index contributed by atoms with van der Waals surface area (Å²) in [5, 5.41) is 7.91. The average molecular weight is 437 g/mol. The molecule has 7 rings (SSSR count). The van der Waals surface area contributed by atoms with Crippen molar-refractivity contribution in [3.8, 4) is 22.3 Å². The van der Waals surface area contributed by atoms with Gasteiger partial charge in [-0.05, 0) is 55.9 Å². The summed E-state index contributed by atoms with van der Waals surface area (Å²) < 4.78 is 2.68. The molecule has 33 heavy (non-hydrogen) atoms. The van der Waals surface area contributed by atoms with Gasteiger partial charge in [0.2, 0.25) is 0 Å². The Morgan fingerprint density at radius 2 is 0.879 bits per heavy atom. The van der Waals surface area contributed by atoms with E-state index in [1.807, 2.05) is 11.3 Å². The number of hydrogen-bond donors (Lipinski definition) is 0. The van der Waals surface area contributed by atoms with Gasteiger partial charge in [-0.1, -0.05) is 109 Å². The fourth-order valence-corrected chi connectivity index (χ4v) is 6.45. The van der Waals surface area contributed by atoms with E-state index in [-0.39, 0.29) is 0 Å². The largest absolute Gasteiger partial charge is 0.135 e.